The lowest BCUT2D eigenvalue weighted by Gasteiger charge is -2.10. The molecular formula is C9H6F4O. The fourth-order valence-electron chi connectivity index (χ4n) is 1.07. The van der Waals surface area contributed by atoms with E-state index in [1.54, 1.807) is 0 Å². The summed E-state index contributed by atoms with van der Waals surface area (Å²) in [5, 5.41) is 0. The van der Waals surface area contributed by atoms with Gasteiger partial charge in [-0.15, -0.1) is 0 Å². The van der Waals surface area contributed by atoms with Gasteiger partial charge in [-0.2, -0.15) is 13.2 Å². The van der Waals surface area contributed by atoms with E-state index < -0.39 is 17.6 Å². The normalized spacial score (nSPS) is 11.5. The van der Waals surface area contributed by atoms with E-state index >= 15 is 0 Å². The standard InChI is InChI=1S/C9H6F4O/c1-5-2-6(4-14)3-7(8(5)10)9(11,12)13/h2-4H,1H3. The summed E-state index contributed by atoms with van der Waals surface area (Å²) >= 11 is 0. The average Bonchev–Trinajstić information content (AvgIpc) is 2.07. The second-order valence-corrected chi connectivity index (χ2v) is 2.81. The number of alkyl halides is 3. The topological polar surface area (TPSA) is 17.1 Å². The first-order chi connectivity index (χ1) is 6.36. The Labute approximate surface area is 77.3 Å². The molecule has 0 aliphatic rings. The first kappa shape index (κ1) is 10.7. The van der Waals surface area contributed by atoms with E-state index in [4.69, 9.17) is 0 Å². The van der Waals surface area contributed by atoms with Gasteiger partial charge in [0.15, 0.2) is 0 Å². The predicted molar refractivity (Wildman–Crippen MR) is 41.5 cm³/mol. The largest absolute Gasteiger partial charge is 0.419 e. The van der Waals surface area contributed by atoms with E-state index in [1.807, 2.05) is 0 Å². The van der Waals surface area contributed by atoms with Crippen LogP contribution in [0.1, 0.15) is 21.5 Å². The van der Waals surface area contributed by atoms with E-state index in [9.17, 15) is 22.4 Å². The van der Waals surface area contributed by atoms with Crippen molar-refractivity contribution in [2.45, 2.75) is 13.1 Å². The molecule has 1 aromatic rings. The van der Waals surface area contributed by atoms with Gasteiger partial charge in [-0.3, -0.25) is 4.79 Å². The van der Waals surface area contributed by atoms with Crippen molar-refractivity contribution in [1.29, 1.82) is 0 Å². The Balaban J connectivity index is 3.42. The molecule has 0 radical (unpaired) electrons. The van der Waals surface area contributed by atoms with Crippen LogP contribution < -0.4 is 0 Å². The number of aryl methyl sites for hydroxylation is 1. The van der Waals surface area contributed by atoms with Crippen molar-refractivity contribution in [3.8, 4) is 0 Å². The molecule has 0 atom stereocenters. The molecule has 1 rings (SSSR count). The van der Waals surface area contributed by atoms with Crippen LogP contribution in [0.25, 0.3) is 0 Å². The predicted octanol–water partition coefficient (Wildman–Crippen LogP) is 2.97. The van der Waals surface area contributed by atoms with E-state index in [2.05, 4.69) is 0 Å². The maximum Gasteiger partial charge on any atom is 0.419 e. The third kappa shape index (κ3) is 1.92. The summed E-state index contributed by atoms with van der Waals surface area (Å²) in [6, 6.07) is 1.56. The average molecular weight is 206 g/mol. The van der Waals surface area contributed by atoms with Gasteiger partial charge in [-0.1, -0.05) is 0 Å². The SMILES string of the molecule is Cc1cc(C=O)cc(C(F)(F)F)c1F. The third-order valence-electron chi connectivity index (χ3n) is 1.72. The molecule has 0 saturated heterocycles. The van der Waals surface area contributed by atoms with Gasteiger partial charge in [0.25, 0.3) is 0 Å². The maximum absolute atomic E-state index is 13.0. The van der Waals surface area contributed by atoms with Crippen LogP contribution in [0.2, 0.25) is 0 Å². The molecule has 0 spiro atoms. The number of carbonyl (C=O) groups excluding carboxylic acids is 1. The zero-order valence-corrected chi connectivity index (χ0v) is 7.15. The Morgan fingerprint density at radius 2 is 1.86 bits per heavy atom. The molecule has 1 nitrogen and oxygen atoms in total. The summed E-state index contributed by atoms with van der Waals surface area (Å²) in [5.74, 6) is -1.33. The molecule has 5 heteroatoms. The Kier molecular flexibility index (Phi) is 2.59. The van der Waals surface area contributed by atoms with Crippen LogP contribution in [0.3, 0.4) is 0 Å². The monoisotopic (exact) mass is 206 g/mol. The number of hydrogen-bond donors (Lipinski definition) is 0. The highest BCUT2D eigenvalue weighted by Gasteiger charge is 2.34. The molecule has 0 fully saturated rings. The Morgan fingerprint density at radius 1 is 1.29 bits per heavy atom. The number of aldehydes is 1. The number of carbonyl (C=O) groups is 1. The number of benzene rings is 1. The number of hydrogen-bond acceptors (Lipinski definition) is 1. The molecule has 0 aromatic heterocycles. The highest BCUT2D eigenvalue weighted by atomic mass is 19.4. The molecule has 0 aliphatic heterocycles. The molecule has 0 heterocycles. The fourth-order valence-corrected chi connectivity index (χ4v) is 1.07. The second kappa shape index (κ2) is 3.40. The molecule has 0 aliphatic carbocycles. The van der Waals surface area contributed by atoms with Crippen LogP contribution in [0, 0.1) is 12.7 Å². The minimum atomic E-state index is -4.77. The molecule has 0 N–H and O–H groups in total. The summed E-state index contributed by atoms with van der Waals surface area (Å²) in [6.45, 7) is 1.18. The molecule has 76 valence electrons. The first-order valence-corrected chi connectivity index (χ1v) is 3.69. The number of halogens is 4. The van der Waals surface area contributed by atoms with Crippen molar-refractivity contribution in [1.82, 2.24) is 0 Å². The van der Waals surface area contributed by atoms with Gasteiger partial charge in [0, 0.05) is 5.56 Å². The Bertz CT molecular complexity index is 368. The minimum absolute atomic E-state index is 0.184. The zero-order chi connectivity index (χ0) is 10.9. The quantitative estimate of drug-likeness (QED) is 0.510. The van der Waals surface area contributed by atoms with Crippen LogP contribution in [0.4, 0.5) is 17.6 Å². The van der Waals surface area contributed by atoms with E-state index in [-0.39, 0.29) is 17.4 Å². The van der Waals surface area contributed by atoms with Gasteiger partial charge in [0.1, 0.15) is 12.1 Å². The van der Waals surface area contributed by atoms with E-state index in [0.29, 0.717) is 6.07 Å². The molecule has 0 saturated carbocycles. The summed E-state index contributed by atoms with van der Waals surface area (Å²) in [4.78, 5) is 10.3. The van der Waals surface area contributed by atoms with Crippen molar-refractivity contribution >= 4 is 6.29 Å². The van der Waals surface area contributed by atoms with Crippen LogP contribution >= 0.6 is 0 Å². The lowest BCUT2D eigenvalue weighted by atomic mass is 10.1. The van der Waals surface area contributed by atoms with Gasteiger partial charge in [0.05, 0.1) is 5.56 Å². The van der Waals surface area contributed by atoms with Crippen LogP contribution in [-0.4, -0.2) is 6.29 Å². The number of rotatable bonds is 1. The highest BCUT2D eigenvalue weighted by Crippen LogP contribution is 2.32. The van der Waals surface area contributed by atoms with Crippen molar-refractivity contribution < 1.29 is 22.4 Å². The molecule has 0 amide bonds. The van der Waals surface area contributed by atoms with E-state index in [0.717, 1.165) is 6.07 Å². The molecule has 14 heavy (non-hydrogen) atoms. The molecule has 0 bridgehead atoms. The van der Waals surface area contributed by atoms with Crippen LogP contribution in [0.15, 0.2) is 12.1 Å². The zero-order valence-electron chi connectivity index (χ0n) is 7.15. The highest BCUT2D eigenvalue weighted by molar-refractivity contribution is 5.75. The smallest absolute Gasteiger partial charge is 0.298 e. The second-order valence-electron chi connectivity index (χ2n) is 2.81. The summed E-state index contributed by atoms with van der Waals surface area (Å²) < 4.78 is 49.5. The third-order valence-corrected chi connectivity index (χ3v) is 1.72. The van der Waals surface area contributed by atoms with Gasteiger partial charge in [0.2, 0.25) is 0 Å². The van der Waals surface area contributed by atoms with Crippen molar-refractivity contribution in [2.24, 2.45) is 0 Å². The van der Waals surface area contributed by atoms with Crippen LogP contribution in [-0.2, 0) is 6.18 Å². The van der Waals surface area contributed by atoms with Crippen molar-refractivity contribution in [3.05, 3.63) is 34.6 Å². The van der Waals surface area contributed by atoms with Gasteiger partial charge in [-0.05, 0) is 24.6 Å². The minimum Gasteiger partial charge on any atom is -0.298 e. The van der Waals surface area contributed by atoms with E-state index in [1.165, 1.54) is 6.92 Å². The lowest BCUT2D eigenvalue weighted by molar-refractivity contribution is -0.140. The van der Waals surface area contributed by atoms with Crippen LogP contribution in [0.5, 0.6) is 0 Å². The molecule has 1 aromatic carbocycles. The van der Waals surface area contributed by atoms with Gasteiger partial charge in [-0.25, -0.2) is 4.39 Å². The fraction of sp³-hybridized carbons (Fsp3) is 0.222. The van der Waals surface area contributed by atoms with Gasteiger partial charge >= 0.3 is 6.18 Å². The summed E-state index contributed by atoms with van der Waals surface area (Å²) in [6.07, 6.45) is -4.52. The summed E-state index contributed by atoms with van der Waals surface area (Å²) in [7, 11) is 0. The lowest BCUT2D eigenvalue weighted by Crippen LogP contribution is -2.10. The summed E-state index contributed by atoms with van der Waals surface area (Å²) in [5.41, 5.74) is -1.78. The Morgan fingerprint density at radius 3 is 2.29 bits per heavy atom. The molecule has 0 unspecified atom stereocenters. The Hall–Kier alpha value is -1.39. The van der Waals surface area contributed by atoms with Crippen molar-refractivity contribution in [2.75, 3.05) is 0 Å². The molecular weight excluding hydrogens is 200 g/mol. The van der Waals surface area contributed by atoms with Crippen molar-refractivity contribution in [3.63, 3.8) is 0 Å². The maximum atomic E-state index is 13.0. The first-order valence-electron chi connectivity index (χ1n) is 3.69. The van der Waals surface area contributed by atoms with Gasteiger partial charge < -0.3 is 0 Å².